The van der Waals surface area contributed by atoms with E-state index in [0.717, 1.165) is 0 Å². The van der Waals surface area contributed by atoms with Gasteiger partial charge in [-0.25, -0.2) is 0 Å². The molecule has 0 aliphatic carbocycles. The predicted molar refractivity (Wildman–Crippen MR) is 60.1 cm³/mol. The molecular weight excluding hydrogens is 235 g/mol. The Hall–Kier alpha value is -1.24. The van der Waals surface area contributed by atoms with E-state index in [1.54, 1.807) is 12.1 Å². The lowest BCUT2D eigenvalue weighted by molar-refractivity contribution is -0.115. The molecule has 0 atom stereocenters. The largest absolute Gasteiger partial charge is 0.325 e. The standard InChI is InChI=1S/C10H8Cl2N2O/c11-4-3-10(15)14-9-5-8(12)2-1-7(9)6-13/h1-2,5H,3-4H2,(H,14,15). The maximum absolute atomic E-state index is 11.2. The van der Waals surface area contributed by atoms with E-state index in [4.69, 9.17) is 28.5 Å². The number of amides is 1. The van der Waals surface area contributed by atoms with Crippen molar-refractivity contribution in [2.24, 2.45) is 0 Å². The van der Waals surface area contributed by atoms with Gasteiger partial charge >= 0.3 is 0 Å². The predicted octanol–water partition coefficient (Wildman–Crippen LogP) is 2.78. The molecule has 1 aromatic carbocycles. The molecule has 0 saturated heterocycles. The number of nitriles is 1. The van der Waals surface area contributed by atoms with Crippen molar-refractivity contribution in [3.63, 3.8) is 0 Å². The first-order chi connectivity index (χ1) is 7.17. The summed E-state index contributed by atoms with van der Waals surface area (Å²) >= 11 is 11.2. The summed E-state index contributed by atoms with van der Waals surface area (Å²) in [6.07, 6.45) is 0.207. The number of nitrogens with zero attached hydrogens (tertiary/aromatic N) is 1. The van der Waals surface area contributed by atoms with Crippen LogP contribution >= 0.6 is 23.2 Å². The van der Waals surface area contributed by atoms with Gasteiger partial charge in [-0.05, 0) is 18.2 Å². The smallest absolute Gasteiger partial charge is 0.225 e. The fourth-order valence-electron chi connectivity index (χ4n) is 1.02. The highest BCUT2D eigenvalue weighted by Crippen LogP contribution is 2.20. The maximum atomic E-state index is 11.2. The van der Waals surface area contributed by atoms with Crippen molar-refractivity contribution in [1.29, 1.82) is 5.26 Å². The highest BCUT2D eigenvalue weighted by molar-refractivity contribution is 6.31. The Kier molecular flexibility index (Phi) is 4.41. The van der Waals surface area contributed by atoms with E-state index in [1.807, 2.05) is 6.07 Å². The molecule has 1 aromatic rings. The Morgan fingerprint density at radius 3 is 2.87 bits per heavy atom. The maximum Gasteiger partial charge on any atom is 0.225 e. The molecule has 78 valence electrons. The molecule has 0 aliphatic rings. The van der Waals surface area contributed by atoms with E-state index >= 15 is 0 Å². The molecule has 0 radical (unpaired) electrons. The summed E-state index contributed by atoms with van der Waals surface area (Å²) in [5.41, 5.74) is 0.794. The minimum atomic E-state index is -0.233. The Labute approximate surface area is 97.6 Å². The van der Waals surface area contributed by atoms with Gasteiger partial charge in [0.05, 0.1) is 11.3 Å². The van der Waals surface area contributed by atoms with Crippen LogP contribution in [0.5, 0.6) is 0 Å². The Morgan fingerprint density at radius 2 is 2.27 bits per heavy atom. The monoisotopic (exact) mass is 242 g/mol. The molecule has 1 rings (SSSR count). The van der Waals surface area contributed by atoms with Crippen molar-refractivity contribution in [2.45, 2.75) is 6.42 Å². The fourth-order valence-corrected chi connectivity index (χ4v) is 1.36. The van der Waals surface area contributed by atoms with Gasteiger partial charge in [-0.15, -0.1) is 11.6 Å². The van der Waals surface area contributed by atoms with Crippen LogP contribution in [0.15, 0.2) is 18.2 Å². The number of carbonyl (C=O) groups is 1. The SMILES string of the molecule is N#Cc1ccc(Cl)cc1NC(=O)CCCl. The van der Waals surface area contributed by atoms with Crippen LogP contribution in [0.25, 0.3) is 0 Å². The van der Waals surface area contributed by atoms with Gasteiger partial charge in [0.15, 0.2) is 0 Å². The van der Waals surface area contributed by atoms with Crippen LogP contribution in [0.2, 0.25) is 5.02 Å². The van der Waals surface area contributed by atoms with Crippen LogP contribution in [0.4, 0.5) is 5.69 Å². The van der Waals surface area contributed by atoms with Gasteiger partial charge in [0.25, 0.3) is 0 Å². The second-order valence-corrected chi connectivity index (χ2v) is 3.60. The summed E-state index contributed by atoms with van der Waals surface area (Å²) < 4.78 is 0. The molecule has 3 nitrogen and oxygen atoms in total. The highest BCUT2D eigenvalue weighted by Gasteiger charge is 2.06. The van der Waals surface area contributed by atoms with Crippen molar-refractivity contribution in [2.75, 3.05) is 11.2 Å². The number of anilines is 1. The zero-order valence-corrected chi connectivity index (χ0v) is 9.27. The summed E-state index contributed by atoms with van der Waals surface area (Å²) in [5.74, 6) is 0.0117. The van der Waals surface area contributed by atoms with E-state index < -0.39 is 0 Å². The van der Waals surface area contributed by atoms with Crippen LogP contribution in [0.1, 0.15) is 12.0 Å². The summed E-state index contributed by atoms with van der Waals surface area (Å²) in [4.78, 5) is 11.2. The molecule has 0 fully saturated rings. The van der Waals surface area contributed by atoms with E-state index in [1.165, 1.54) is 6.07 Å². The lowest BCUT2D eigenvalue weighted by Gasteiger charge is -2.06. The van der Waals surface area contributed by atoms with Crippen molar-refractivity contribution < 1.29 is 4.79 Å². The van der Waals surface area contributed by atoms with E-state index in [0.29, 0.717) is 16.3 Å². The summed E-state index contributed by atoms with van der Waals surface area (Å²) in [7, 11) is 0. The van der Waals surface area contributed by atoms with Crippen LogP contribution < -0.4 is 5.32 Å². The molecule has 0 aliphatic heterocycles. The molecule has 1 amide bonds. The van der Waals surface area contributed by atoms with Crippen molar-refractivity contribution in [1.82, 2.24) is 0 Å². The molecule has 15 heavy (non-hydrogen) atoms. The lowest BCUT2D eigenvalue weighted by atomic mass is 10.2. The molecule has 0 aromatic heterocycles. The highest BCUT2D eigenvalue weighted by atomic mass is 35.5. The molecule has 0 unspecified atom stereocenters. The van der Waals surface area contributed by atoms with Gasteiger partial charge in [-0.1, -0.05) is 11.6 Å². The van der Waals surface area contributed by atoms with Crippen molar-refractivity contribution in [3.05, 3.63) is 28.8 Å². The second-order valence-electron chi connectivity index (χ2n) is 2.79. The van der Waals surface area contributed by atoms with Gasteiger partial charge < -0.3 is 5.32 Å². The van der Waals surface area contributed by atoms with Crippen LogP contribution in [0.3, 0.4) is 0 Å². The number of hydrogen-bond donors (Lipinski definition) is 1. The minimum Gasteiger partial charge on any atom is -0.325 e. The third kappa shape index (κ3) is 3.43. The molecule has 0 spiro atoms. The fraction of sp³-hybridized carbons (Fsp3) is 0.200. The normalized spacial score (nSPS) is 9.40. The molecular formula is C10H8Cl2N2O. The minimum absolute atomic E-state index is 0.207. The van der Waals surface area contributed by atoms with E-state index in [-0.39, 0.29) is 18.2 Å². The first-order valence-electron chi connectivity index (χ1n) is 4.23. The van der Waals surface area contributed by atoms with E-state index in [9.17, 15) is 4.79 Å². The molecule has 0 saturated carbocycles. The summed E-state index contributed by atoms with van der Waals surface area (Å²) in [5, 5.41) is 11.8. The third-order valence-corrected chi connectivity index (χ3v) is 2.12. The number of halogens is 2. The van der Waals surface area contributed by atoms with Crippen LogP contribution in [-0.2, 0) is 4.79 Å². The zero-order valence-electron chi connectivity index (χ0n) is 7.76. The van der Waals surface area contributed by atoms with E-state index in [2.05, 4.69) is 5.32 Å². The Bertz CT molecular complexity index is 412. The molecule has 0 bridgehead atoms. The molecule has 1 N–H and O–H groups in total. The summed E-state index contributed by atoms with van der Waals surface area (Å²) in [6.45, 7) is 0. The van der Waals surface area contributed by atoms with Gasteiger partial charge in [0, 0.05) is 17.3 Å². The molecule has 0 heterocycles. The number of benzene rings is 1. The number of alkyl halides is 1. The Balaban J connectivity index is 2.88. The number of hydrogen-bond acceptors (Lipinski definition) is 2. The summed E-state index contributed by atoms with van der Waals surface area (Å²) in [6, 6.07) is 6.65. The van der Waals surface area contributed by atoms with Gasteiger partial charge in [-0.3, -0.25) is 4.79 Å². The van der Waals surface area contributed by atoms with Crippen LogP contribution in [-0.4, -0.2) is 11.8 Å². The first kappa shape index (κ1) is 11.8. The van der Waals surface area contributed by atoms with Gasteiger partial charge in [0.2, 0.25) is 5.91 Å². The third-order valence-electron chi connectivity index (χ3n) is 1.70. The number of nitrogens with one attached hydrogen (secondary N) is 1. The van der Waals surface area contributed by atoms with Crippen LogP contribution in [0, 0.1) is 11.3 Å². The number of rotatable bonds is 3. The average Bonchev–Trinajstić information content (AvgIpc) is 2.18. The molecule has 5 heteroatoms. The second kappa shape index (κ2) is 5.59. The topological polar surface area (TPSA) is 52.9 Å². The Morgan fingerprint density at radius 1 is 1.53 bits per heavy atom. The average molecular weight is 243 g/mol. The van der Waals surface area contributed by atoms with Gasteiger partial charge in [0.1, 0.15) is 6.07 Å². The quantitative estimate of drug-likeness (QED) is 0.830. The number of carbonyl (C=O) groups excluding carboxylic acids is 1. The van der Waals surface area contributed by atoms with Gasteiger partial charge in [-0.2, -0.15) is 5.26 Å². The zero-order chi connectivity index (χ0) is 11.3. The lowest BCUT2D eigenvalue weighted by Crippen LogP contribution is -2.12. The first-order valence-corrected chi connectivity index (χ1v) is 5.14. The van der Waals surface area contributed by atoms with Crippen molar-refractivity contribution in [3.8, 4) is 6.07 Å². The van der Waals surface area contributed by atoms with Crippen molar-refractivity contribution >= 4 is 34.8 Å².